The fourth-order valence-corrected chi connectivity index (χ4v) is 1.69. The first-order chi connectivity index (χ1) is 8.05. The summed E-state index contributed by atoms with van der Waals surface area (Å²) in [5.74, 6) is -0.0423. The largest absolute Gasteiger partial charge is 0.479 e. The molecule has 1 aromatic rings. The smallest absolute Gasteiger partial charge is 0.433 e. The van der Waals surface area contributed by atoms with Gasteiger partial charge in [-0.2, -0.15) is 14.0 Å². The van der Waals surface area contributed by atoms with Crippen molar-refractivity contribution in [2.45, 2.75) is 25.4 Å². The summed E-state index contributed by atoms with van der Waals surface area (Å²) in [7, 11) is 0. The predicted molar refractivity (Wildman–Crippen MR) is 56.2 cm³/mol. The lowest BCUT2D eigenvalue weighted by Gasteiger charge is -2.26. The molecule has 17 heavy (non-hydrogen) atoms. The van der Waals surface area contributed by atoms with Gasteiger partial charge in [-0.25, -0.2) is 0 Å². The Morgan fingerprint density at radius 2 is 2.24 bits per heavy atom. The van der Waals surface area contributed by atoms with Crippen molar-refractivity contribution in [1.29, 1.82) is 5.26 Å². The predicted octanol–water partition coefficient (Wildman–Crippen LogP) is 3.07. The fourth-order valence-electron chi connectivity index (χ4n) is 1.69. The molecule has 1 unspecified atom stereocenters. The van der Waals surface area contributed by atoms with Crippen LogP contribution in [-0.4, -0.2) is 12.7 Å². The minimum absolute atomic E-state index is 0.00699. The van der Waals surface area contributed by atoms with Gasteiger partial charge >= 0.3 is 6.11 Å². The normalized spacial score (nSPS) is 18.2. The summed E-state index contributed by atoms with van der Waals surface area (Å²) < 4.78 is 35.3. The number of alkyl halides is 2. The first kappa shape index (κ1) is 11.6. The average molecular weight is 239 g/mol. The lowest BCUT2D eigenvalue weighted by molar-refractivity contribution is -0.208. The molecular weight excluding hydrogens is 228 g/mol. The molecule has 0 aliphatic carbocycles. The van der Waals surface area contributed by atoms with E-state index in [1.165, 1.54) is 6.07 Å². The minimum atomic E-state index is -3.31. The Labute approximate surface area is 97.6 Å². The molecule has 1 atom stereocenters. The maximum Gasteiger partial charge on any atom is 0.433 e. The van der Waals surface area contributed by atoms with Gasteiger partial charge in [0.1, 0.15) is 0 Å². The molecule has 90 valence electrons. The summed E-state index contributed by atoms with van der Waals surface area (Å²) in [5, 5.41) is 8.92. The quantitative estimate of drug-likeness (QED) is 0.796. The van der Waals surface area contributed by atoms with Gasteiger partial charge in [0.25, 0.3) is 0 Å². The van der Waals surface area contributed by atoms with Gasteiger partial charge in [0.2, 0.25) is 0 Å². The molecule has 0 saturated carbocycles. The van der Waals surface area contributed by atoms with Crippen LogP contribution in [0.5, 0.6) is 11.5 Å². The van der Waals surface area contributed by atoms with E-state index in [1.54, 1.807) is 12.1 Å². The van der Waals surface area contributed by atoms with Crippen molar-refractivity contribution < 1.29 is 18.3 Å². The highest BCUT2D eigenvalue weighted by atomic mass is 19.3. The highest BCUT2D eigenvalue weighted by Crippen LogP contribution is 2.38. The van der Waals surface area contributed by atoms with Crippen LogP contribution in [0, 0.1) is 11.3 Å². The Bertz CT molecular complexity index is 468. The maximum absolute atomic E-state index is 13.0. The van der Waals surface area contributed by atoms with Gasteiger partial charge in [-0.15, -0.1) is 0 Å². The van der Waals surface area contributed by atoms with Crippen LogP contribution in [0.2, 0.25) is 0 Å². The summed E-state index contributed by atoms with van der Waals surface area (Å²) in [6.07, 6.45) is -2.69. The van der Waals surface area contributed by atoms with E-state index in [-0.39, 0.29) is 17.4 Å². The molecular formula is C12H11F2NO2. The van der Waals surface area contributed by atoms with Gasteiger partial charge in [-0.1, -0.05) is 13.0 Å². The first-order valence-corrected chi connectivity index (χ1v) is 5.29. The van der Waals surface area contributed by atoms with E-state index in [9.17, 15) is 8.78 Å². The standard InChI is InChI=1S/C12H11F2NO2/c1-2-8(6-15)9-3-4-10-11(5-9)17-12(13,14)7-16-10/h3-5,8H,2,7H2,1H3. The summed E-state index contributed by atoms with van der Waals surface area (Å²) in [6.45, 7) is 1.08. The third-order valence-corrected chi connectivity index (χ3v) is 2.59. The molecule has 2 rings (SSSR count). The van der Waals surface area contributed by atoms with Crippen molar-refractivity contribution in [2.75, 3.05) is 6.61 Å². The number of fused-ring (bicyclic) bond motifs is 1. The lowest BCUT2D eigenvalue weighted by atomic mass is 9.98. The van der Waals surface area contributed by atoms with Gasteiger partial charge in [0.15, 0.2) is 18.1 Å². The van der Waals surface area contributed by atoms with E-state index in [1.807, 2.05) is 6.92 Å². The van der Waals surface area contributed by atoms with Gasteiger partial charge in [0, 0.05) is 0 Å². The number of hydrogen-bond donors (Lipinski definition) is 0. The Balaban J connectivity index is 2.34. The molecule has 1 aliphatic heterocycles. The summed E-state index contributed by atoms with van der Waals surface area (Å²) in [5.41, 5.74) is 0.662. The number of nitrogens with zero attached hydrogens (tertiary/aromatic N) is 1. The third-order valence-electron chi connectivity index (χ3n) is 2.59. The van der Waals surface area contributed by atoms with E-state index < -0.39 is 12.7 Å². The molecule has 1 aliphatic rings. The maximum atomic E-state index is 13.0. The van der Waals surface area contributed by atoms with Crippen LogP contribution in [0.3, 0.4) is 0 Å². The summed E-state index contributed by atoms with van der Waals surface area (Å²) in [4.78, 5) is 0. The molecule has 1 heterocycles. The van der Waals surface area contributed by atoms with E-state index in [4.69, 9.17) is 10.00 Å². The van der Waals surface area contributed by atoms with Crippen molar-refractivity contribution in [3.8, 4) is 17.6 Å². The molecule has 0 aromatic heterocycles. The second-order valence-corrected chi connectivity index (χ2v) is 3.82. The van der Waals surface area contributed by atoms with E-state index in [0.29, 0.717) is 12.0 Å². The second kappa shape index (κ2) is 4.21. The Kier molecular flexibility index (Phi) is 2.88. The van der Waals surface area contributed by atoms with Crippen molar-refractivity contribution in [2.24, 2.45) is 0 Å². The average Bonchev–Trinajstić information content (AvgIpc) is 2.29. The molecule has 0 spiro atoms. The van der Waals surface area contributed by atoms with Crippen molar-refractivity contribution >= 4 is 0 Å². The minimum Gasteiger partial charge on any atom is -0.479 e. The number of rotatable bonds is 2. The zero-order valence-corrected chi connectivity index (χ0v) is 9.24. The molecule has 0 N–H and O–H groups in total. The number of halogens is 2. The SMILES string of the molecule is CCC(C#N)c1ccc2c(c1)OC(F)(F)CO2. The molecule has 0 amide bonds. The van der Waals surface area contributed by atoms with Gasteiger partial charge in [-0.05, 0) is 24.1 Å². The molecule has 0 radical (unpaired) electrons. The Hall–Kier alpha value is -1.83. The van der Waals surface area contributed by atoms with Gasteiger partial charge in [-0.3, -0.25) is 0 Å². The monoisotopic (exact) mass is 239 g/mol. The number of hydrogen-bond acceptors (Lipinski definition) is 3. The molecule has 1 aromatic carbocycles. The topological polar surface area (TPSA) is 42.2 Å². The summed E-state index contributed by atoms with van der Waals surface area (Å²) >= 11 is 0. The van der Waals surface area contributed by atoms with Crippen molar-refractivity contribution in [3.05, 3.63) is 23.8 Å². The van der Waals surface area contributed by atoms with E-state index >= 15 is 0 Å². The summed E-state index contributed by atoms with van der Waals surface area (Å²) in [6, 6.07) is 6.81. The van der Waals surface area contributed by atoms with Crippen LogP contribution in [0.15, 0.2) is 18.2 Å². The fraction of sp³-hybridized carbons (Fsp3) is 0.417. The number of ether oxygens (including phenoxy) is 2. The van der Waals surface area contributed by atoms with E-state index in [0.717, 1.165) is 0 Å². The Morgan fingerprint density at radius 3 is 2.88 bits per heavy atom. The molecule has 0 fully saturated rings. The van der Waals surface area contributed by atoms with Crippen molar-refractivity contribution in [1.82, 2.24) is 0 Å². The zero-order chi connectivity index (χ0) is 12.5. The van der Waals surface area contributed by atoms with Crippen LogP contribution >= 0.6 is 0 Å². The van der Waals surface area contributed by atoms with Crippen LogP contribution in [0.4, 0.5) is 8.78 Å². The third kappa shape index (κ3) is 2.31. The molecule has 0 bridgehead atoms. The zero-order valence-electron chi connectivity index (χ0n) is 9.24. The Morgan fingerprint density at radius 1 is 1.47 bits per heavy atom. The highest BCUT2D eigenvalue weighted by molar-refractivity contribution is 5.46. The number of nitriles is 1. The first-order valence-electron chi connectivity index (χ1n) is 5.29. The number of benzene rings is 1. The van der Waals surface area contributed by atoms with Crippen LogP contribution in [-0.2, 0) is 0 Å². The highest BCUT2D eigenvalue weighted by Gasteiger charge is 2.38. The van der Waals surface area contributed by atoms with Crippen molar-refractivity contribution in [3.63, 3.8) is 0 Å². The van der Waals surface area contributed by atoms with E-state index in [2.05, 4.69) is 10.8 Å². The van der Waals surface area contributed by atoms with Crippen LogP contribution < -0.4 is 9.47 Å². The van der Waals surface area contributed by atoms with Gasteiger partial charge in [0.05, 0.1) is 12.0 Å². The second-order valence-electron chi connectivity index (χ2n) is 3.82. The lowest BCUT2D eigenvalue weighted by Crippen LogP contribution is -2.35. The molecule has 3 nitrogen and oxygen atoms in total. The van der Waals surface area contributed by atoms with Gasteiger partial charge < -0.3 is 9.47 Å². The molecule has 5 heteroatoms. The molecule has 0 saturated heterocycles. The van der Waals surface area contributed by atoms with Crippen LogP contribution in [0.25, 0.3) is 0 Å². The van der Waals surface area contributed by atoms with Crippen LogP contribution in [0.1, 0.15) is 24.8 Å².